The van der Waals surface area contributed by atoms with Crippen LogP contribution >= 0.6 is 0 Å². The number of carbonyl (C=O) groups excluding carboxylic acids is 3. The minimum atomic E-state index is -1.15. The Hall–Kier alpha value is -2.97. The molecular formula is C33H47N3O5. The molecule has 0 aromatic heterocycles. The van der Waals surface area contributed by atoms with Gasteiger partial charge in [-0.1, -0.05) is 69.7 Å². The van der Waals surface area contributed by atoms with E-state index in [1.54, 1.807) is 26.9 Å². The second-order valence-corrected chi connectivity index (χ2v) is 12.1. The molecule has 3 saturated heterocycles. The number of amides is 3. The van der Waals surface area contributed by atoms with Gasteiger partial charge in [-0.25, -0.2) is 0 Å². The fourth-order valence-corrected chi connectivity index (χ4v) is 7.50. The maximum absolute atomic E-state index is 14.5. The van der Waals surface area contributed by atoms with Gasteiger partial charge in [0.2, 0.25) is 17.7 Å². The van der Waals surface area contributed by atoms with E-state index in [2.05, 4.69) is 27.0 Å². The molecule has 2 bridgehead atoms. The van der Waals surface area contributed by atoms with Gasteiger partial charge in [-0.15, -0.1) is 13.2 Å². The third-order valence-corrected chi connectivity index (χ3v) is 9.65. The molecule has 3 heterocycles. The first kappa shape index (κ1) is 31.0. The van der Waals surface area contributed by atoms with Gasteiger partial charge in [-0.3, -0.25) is 14.4 Å². The maximum Gasteiger partial charge on any atom is 0.248 e. The van der Waals surface area contributed by atoms with Crippen molar-refractivity contribution < 1.29 is 24.2 Å². The number of fused-ring (bicyclic) bond motifs is 1. The first-order valence-corrected chi connectivity index (χ1v) is 15.1. The molecule has 3 amide bonds. The first-order chi connectivity index (χ1) is 19.6. The van der Waals surface area contributed by atoms with Gasteiger partial charge in [0.25, 0.3) is 0 Å². The van der Waals surface area contributed by atoms with Crippen LogP contribution < -0.4 is 0 Å². The van der Waals surface area contributed by atoms with Gasteiger partial charge in [-0.05, 0) is 37.7 Å². The Balaban J connectivity index is 1.80. The Morgan fingerprint density at radius 2 is 1.80 bits per heavy atom. The minimum absolute atomic E-state index is 0.0595. The Morgan fingerprint density at radius 3 is 2.39 bits per heavy atom. The molecule has 3 aliphatic rings. The average Bonchev–Trinajstić information content (AvgIpc) is 3.48. The van der Waals surface area contributed by atoms with Crippen molar-refractivity contribution in [1.29, 1.82) is 0 Å². The summed E-state index contributed by atoms with van der Waals surface area (Å²) in [5.74, 6) is -2.27. The van der Waals surface area contributed by atoms with Crippen LogP contribution in [-0.2, 0) is 25.7 Å². The predicted octanol–water partition coefficient (Wildman–Crippen LogP) is 3.80. The molecule has 8 heteroatoms. The Kier molecular flexibility index (Phi) is 9.44. The van der Waals surface area contributed by atoms with E-state index < -0.39 is 35.1 Å². The zero-order chi connectivity index (χ0) is 29.9. The summed E-state index contributed by atoms with van der Waals surface area (Å²) in [4.78, 5) is 48.5. The fourth-order valence-electron chi connectivity index (χ4n) is 7.50. The van der Waals surface area contributed by atoms with E-state index in [-0.39, 0.29) is 30.2 Å². The van der Waals surface area contributed by atoms with E-state index in [4.69, 9.17) is 4.74 Å². The Morgan fingerprint density at radius 1 is 1.15 bits per heavy atom. The van der Waals surface area contributed by atoms with Crippen LogP contribution in [0.4, 0.5) is 0 Å². The average molecular weight is 566 g/mol. The number of rotatable bonds is 14. The molecule has 1 aromatic carbocycles. The summed E-state index contributed by atoms with van der Waals surface area (Å²) >= 11 is 0. The Labute approximate surface area is 245 Å². The van der Waals surface area contributed by atoms with E-state index in [9.17, 15) is 19.5 Å². The van der Waals surface area contributed by atoms with Gasteiger partial charge in [0.1, 0.15) is 11.6 Å². The molecular weight excluding hydrogens is 518 g/mol. The van der Waals surface area contributed by atoms with Gasteiger partial charge in [-0.2, -0.15) is 0 Å². The predicted molar refractivity (Wildman–Crippen MR) is 159 cm³/mol. The highest BCUT2D eigenvalue weighted by Crippen LogP contribution is 2.66. The van der Waals surface area contributed by atoms with Crippen LogP contribution in [0.2, 0.25) is 0 Å². The second-order valence-electron chi connectivity index (χ2n) is 12.1. The van der Waals surface area contributed by atoms with Gasteiger partial charge >= 0.3 is 0 Å². The molecule has 0 aliphatic carbocycles. The van der Waals surface area contributed by atoms with Crippen molar-refractivity contribution in [2.45, 2.75) is 83.2 Å². The summed E-state index contributed by atoms with van der Waals surface area (Å²) in [7, 11) is 0. The van der Waals surface area contributed by atoms with Crippen molar-refractivity contribution in [2.24, 2.45) is 17.8 Å². The molecule has 0 radical (unpaired) electrons. The molecule has 3 aliphatic heterocycles. The molecule has 1 spiro atoms. The third kappa shape index (κ3) is 5.14. The molecule has 224 valence electrons. The lowest BCUT2D eigenvalue weighted by Gasteiger charge is -2.39. The van der Waals surface area contributed by atoms with Gasteiger partial charge < -0.3 is 24.5 Å². The normalized spacial score (nSPS) is 30.7. The number of aliphatic hydroxyl groups is 1. The zero-order valence-electron chi connectivity index (χ0n) is 25.1. The lowest BCUT2D eigenvalue weighted by atomic mass is 9.62. The fraction of sp³-hybridized carbons (Fsp3) is 0.606. The monoisotopic (exact) mass is 565 g/mol. The molecule has 0 saturated carbocycles. The molecule has 3 unspecified atom stereocenters. The van der Waals surface area contributed by atoms with Crippen LogP contribution in [0, 0.1) is 17.8 Å². The first-order valence-electron chi connectivity index (χ1n) is 15.1. The number of hydrogen-bond donors (Lipinski definition) is 1. The van der Waals surface area contributed by atoms with Gasteiger partial charge in [0.05, 0.1) is 30.1 Å². The number of aliphatic hydroxyl groups excluding tert-OH is 1. The lowest BCUT2D eigenvalue weighted by molar-refractivity contribution is -0.157. The molecule has 7 atom stereocenters. The summed E-state index contributed by atoms with van der Waals surface area (Å²) in [6, 6.07) is 8.28. The van der Waals surface area contributed by atoms with Crippen molar-refractivity contribution in [1.82, 2.24) is 14.7 Å². The number of likely N-dealkylation sites (tertiary alicyclic amines) is 1. The van der Waals surface area contributed by atoms with Crippen molar-refractivity contribution in [3.05, 3.63) is 61.2 Å². The van der Waals surface area contributed by atoms with E-state index in [1.807, 2.05) is 44.2 Å². The summed E-state index contributed by atoms with van der Waals surface area (Å²) in [5.41, 5.74) is -1.08. The van der Waals surface area contributed by atoms with Crippen LogP contribution in [0.1, 0.15) is 58.9 Å². The van der Waals surface area contributed by atoms with Crippen LogP contribution in [-0.4, -0.2) is 87.1 Å². The third-order valence-electron chi connectivity index (χ3n) is 9.65. The van der Waals surface area contributed by atoms with Crippen molar-refractivity contribution in [2.75, 3.05) is 26.2 Å². The second kappa shape index (κ2) is 12.5. The maximum atomic E-state index is 14.5. The van der Waals surface area contributed by atoms with Crippen molar-refractivity contribution in [3.63, 3.8) is 0 Å². The van der Waals surface area contributed by atoms with Crippen LogP contribution in [0.3, 0.4) is 0 Å². The number of hydrogen-bond acceptors (Lipinski definition) is 5. The van der Waals surface area contributed by atoms with E-state index in [0.717, 1.165) is 18.4 Å². The molecule has 1 N–H and O–H groups in total. The summed E-state index contributed by atoms with van der Waals surface area (Å²) < 4.78 is 6.91. The molecule has 3 fully saturated rings. The number of carbonyl (C=O) groups is 3. The Bertz CT molecular complexity index is 1140. The minimum Gasteiger partial charge on any atom is -0.394 e. The van der Waals surface area contributed by atoms with E-state index in [0.29, 0.717) is 39.0 Å². The number of unbranched alkanes of at least 4 members (excludes halogenated alkanes) is 1. The zero-order valence-corrected chi connectivity index (χ0v) is 25.1. The highest BCUT2D eigenvalue weighted by molar-refractivity contribution is 5.99. The van der Waals surface area contributed by atoms with Crippen molar-refractivity contribution in [3.8, 4) is 0 Å². The standard InChI is InChI=1S/C33H47N3O5/c1-7-11-19-34(17-8-2)31(40)28-33-20-23(5)32(6,41-33)26(27(33)30(39)36(28)25(10-4)22-37)29(38)35(18-9-3)21-24-15-13-12-14-16-24/h8-9,12-16,23,25-28,37H,2-3,7,10-11,17-22H2,1,4-6H3/t23?,25-,26+,27-,28?,32-,33?/m0/s1. The molecule has 8 nitrogen and oxygen atoms in total. The smallest absolute Gasteiger partial charge is 0.248 e. The number of benzene rings is 1. The molecule has 1 aromatic rings. The SMILES string of the molecule is C=CCN(CCCC)C(=O)C1N([C@@H](CC)CO)C(=O)[C@@H]2[C@H](C(=O)N(CC=C)Cc3ccccc3)[C@@]3(C)OC12CC3C. The quantitative estimate of drug-likeness (QED) is 0.347. The van der Waals surface area contributed by atoms with Gasteiger partial charge in [0.15, 0.2) is 0 Å². The molecule has 41 heavy (non-hydrogen) atoms. The highest BCUT2D eigenvalue weighted by Gasteiger charge is 2.80. The summed E-state index contributed by atoms with van der Waals surface area (Å²) in [6.07, 6.45) is 6.11. The number of nitrogens with zero attached hydrogens (tertiary/aromatic N) is 3. The van der Waals surface area contributed by atoms with E-state index >= 15 is 0 Å². The van der Waals surface area contributed by atoms with Crippen LogP contribution in [0.15, 0.2) is 55.6 Å². The van der Waals surface area contributed by atoms with Crippen molar-refractivity contribution >= 4 is 17.7 Å². The summed E-state index contributed by atoms with van der Waals surface area (Å²) in [5, 5.41) is 10.4. The number of ether oxygens (including phenoxy) is 1. The van der Waals surface area contributed by atoms with Crippen LogP contribution in [0.25, 0.3) is 0 Å². The van der Waals surface area contributed by atoms with E-state index in [1.165, 1.54) is 0 Å². The van der Waals surface area contributed by atoms with Crippen LogP contribution in [0.5, 0.6) is 0 Å². The highest BCUT2D eigenvalue weighted by atomic mass is 16.5. The lowest BCUT2D eigenvalue weighted by Crippen LogP contribution is -2.59. The largest absolute Gasteiger partial charge is 0.394 e. The van der Waals surface area contributed by atoms with Gasteiger partial charge in [0, 0.05) is 26.2 Å². The molecule has 4 rings (SSSR count). The summed E-state index contributed by atoms with van der Waals surface area (Å²) in [6.45, 7) is 17.0. The topological polar surface area (TPSA) is 90.4 Å².